The van der Waals surface area contributed by atoms with Gasteiger partial charge in [-0.1, -0.05) is 13.3 Å². The molecule has 0 saturated heterocycles. The van der Waals surface area contributed by atoms with Crippen molar-refractivity contribution >= 4 is 21.9 Å². The molecule has 0 aliphatic heterocycles. The summed E-state index contributed by atoms with van der Waals surface area (Å²) in [5.74, 6) is 1.02. The summed E-state index contributed by atoms with van der Waals surface area (Å²) in [7, 11) is 1.52. The van der Waals surface area contributed by atoms with Gasteiger partial charge < -0.3 is 14.2 Å². The Morgan fingerprint density at radius 1 is 1.32 bits per heavy atom. The number of benzene rings is 1. The number of esters is 1. The van der Waals surface area contributed by atoms with Gasteiger partial charge in [0.25, 0.3) is 0 Å². The second-order valence-corrected chi connectivity index (χ2v) is 6.02. The van der Waals surface area contributed by atoms with Crippen molar-refractivity contribution in [3.63, 3.8) is 0 Å². The Hall–Kier alpha value is -2.16. The predicted octanol–water partition coefficient (Wildman–Crippen LogP) is 3.00. The van der Waals surface area contributed by atoms with Crippen LogP contribution in [0.5, 0.6) is 11.5 Å². The average molecular weight is 413 g/mol. The number of nitrogens with zero attached hydrogens (tertiary/aromatic N) is 4. The SMILES string of the molecule is CCCCn1nnnc1COC(=O)c1cc(Br)c(OCC)c(OC)c1. The molecule has 0 N–H and O–H groups in total. The Bertz CT molecular complexity index is 720. The van der Waals surface area contributed by atoms with Crippen LogP contribution < -0.4 is 9.47 Å². The van der Waals surface area contributed by atoms with Crippen molar-refractivity contribution in [2.75, 3.05) is 13.7 Å². The fourth-order valence-electron chi connectivity index (χ4n) is 2.14. The quantitative estimate of drug-likeness (QED) is 0.584. The summed E-state index contributed by atoms with van der Waals surface area (Å²) < 4.78 is 18.4. The van der Waals surface area contributed by atoms with E-state index in [2.05, 4.69) is 38.4 Å². The monoisotopic (exact) mass is 412 g/mol. The summed E-state index contributed by atoms with van der Waals surface area (Å²) in [5, 5.41) is 11.4. The molecule has 0 fully saturated rings. The van der Waals surface area contributed by atoms with Crippen molar-refractivity contribution in [3.05, 3.63) is 28.0 Å². The van der Waals surface area contributed by atoms with Gasteiger partial charge >= 0.3 is 5.97 Å². The summed E-state index contributed by atoms with van der Waals surface area (Å²) in [5.41, 5.74) is 0.347. The minimum absolute atomic E-state index is 0.00267. The molecule has 0 atom stereocenters. The lowest BCUT2D eigenvalue weighted by Crippen LogP contribution is -2.11. The molecule has 8 nitrogen and oxygen atoms in total. The molecule has 2 rings (SSSR count). The van der Waals surface area contributed by atoms with E-state index in [1.165, 1.54) is 7.11 Å². The van der Waals surface area contributed by atoms with Gasteiger partial charge in [-0.05, 0) is 51.8 Å². The zero-order valence-corrected chi connectivity index (χ0v) is 16.1. The van der Waals surface area contributed by atoms with Gasteiger partial charge in [-0.3, -0.25) is 0 Å². The van der Waals surface area contributed by atoms with Crippen LogP contribution >= 0.6 is 15.9 Å². The second kappa shape index (κ2) is 9.36. The molecule has 0 saturated carbocycles. The molecule has 25 heavy (non-hydrogen) atoms. The Balaban J connectivity index is 2.08. The van der Waals surface area contributed by atoms with E-state index in [4.69, 9.17) is 14.2 Å². The highest BCUT2D eigenvalue weighted by Crippen LogP contribution is 2.36. The average Bonchev–Trinajstić information content (AvgIpc) is 3.06. The van der Waals surface area contributed by atoms with Crippen LogP contribution in [0.3, 0.4) is 0 Å². The molecule has 2 aromatic rings. The van der Waals surface area contributed by atoms with Crippen molar-refractivity contribution in [3.8, 4) is 11.5 Å². The third-order valence-electron chi connectivity index (χ3n) is 3.42. The molecular formula is C16H21BrN4O4. The number of tetrazole rings is 1. The molecule has 0 spiro atoms. The zero-order chi connectivity index (χ0) is 18.2. The molecular weight excluding hydrogens is 392 g/mol. The number of rotatable bonds is 9. The van der Waals surface area contributed by atoms with Gasteiger partial charge in [-0.25, -0.2) is 9.48 Å². The fraction of sp³-hybridized carbons (Fsp3) is 0.500. The Labute approximate surface area is 154 Å². The van der Waals surface area contributed by atoms with Gasteiger partial charge in [-0.15, -0.1) is 5.10 Å². The minimum atomic E-state index is -0.493. The third kappa shape index (κ3) is 4.91. The number of ether oxygens (including phenoxy) is 3. The molecule has 0 radical (unpaired) electrons. The van der Waals surface area contributed by atoms with Crippen molar-refractivity contribution < 1.29 is 19.0 Å². The first-order chi connectivity index (χ1) is 12.1. The smallest absolute Gasteiger partial charge is 0.338 e. The van der Waals surface area contributed by atoms with Gasteiger partial charge in [0.15, 0.2) is 23.9 Å². The molecule has 136 valence electrons. The maximum Gasteiger partial charge on any atom is 0.338 e. The standard InChI is InChI=1S/C16H21BrN4O4/c1-4-6-7-21-14(18-19-20-21)10-25-16(22)11-8-12(17)15(24-5-2)13(9-11)23-3/h8-9H,4-7,10H2,1-3H3. The Morgan fingerprint density at radius 3 is 2.80 bits per heavy atom. The molecule has 0 aliphatic rings. The number of unbranched alkanes of at least 4 members (excludes halogenated alkanes) is 1. The number of hydrogen-bond acceptors (Lipinski definition) is 7. The van der Waals surface area contributed by atoms with E-state index in [9.17, 15) is 4.79 Å². The Morgan fingerprint density at radius 2 is 2.12 bits per heavy atom. The van der Waals surface area contributed by atoms with E-state index in [0.717, 1.165) is 12.8 Å². The summed E-state index contributed by atoms with van der Waals surface area (Å²) >= 11 is 3.39. The molecule has 0 bridgehead atoms. The molecule has 1 aromatic heterocycles. The highest BCUT2D eigenvalue weighted by Gasteiger charge is 2.17. The number of halogens is 1. The van der Waals surface area contributed by atoms with Crippen LogP contribution in [0.4, 0.5) is 0 Å². The molecule has 0 unspecified atom stereocenters. The summed E-state index contributed by atoms with van der Waals surface area (Å²) in [6.45, 7) is 5.14. The van der Waals surface area contributed by atoms with Crippen LogP contribution in [-0.2, 0) is 17.9 Å². The highest BCUT2D eigenvalue weighted by molar-refractivity contribution is 9.10. The van der Waals surface area contributed by atoms with E-state index in [1.54, 1.807) is 16.8 Å². The normalized spacial score (nSPS) is 10.6. The van der Waals surface area contributed by atoms with E-state index in [1.807, 2.05) is 6.92 Å². The van der Waals surface area contributed by atoms with Crippen molar-refractivity contribution in [2.24, 2.45) is 0 Å². The van der Waals surface area contributed by atoms with Gasteiger partial charge in [0, 0.05) is 6.54 Å². The zero-order valence-electron chi connectivity index (χ0n) is 14.5. The van der Waals surface area contributed by atoms with Crippen LogP contribution in [0.15, 0.2) is 16.6 Å². The molecule has 9 heteroatoms. The molecule has 1 heterocycles. The number of hydrogen-bond donors (Lipinski definition) is 0. The number of aromatic nitrogens is 4. The lowest BCUT2D eigenvalue weighted by Gasteiger charge is -2.13. The second-order valence-electron chi connectivity index (χ2n) is 5.17. The largest absolute Gasteiger partial charge is 0.493 e. The maximum absolute atomic E-state index is 12.3. The van der Waals surface area contributed by atoms with E-state index in [-0.39, 0.29) is 6.61 Å². The van der Waals surface area contributed by atoms with Crippen molar-refractivity contribution in [1.82, 2.24) is 20.2 Å². The summed E-state index contributed by atoms with van der Waals surface area (Å²) in [6.07, 6.45) is 1.98. The number of aryl methyl sites for hydroxylation is 1. The van der Waals surface area contributed by atoms with Gasteiger partial charge in [0.05, 0.1) is 23.8 Å². The lowest BCUT2D eigenvalue weighted by atomic mass is 10.2. The van der Waals surface area contributed by atoms with Crippen LogP contribution in [0.1, 0.15) is 42.9 Å². The van der Waals surface area contributed by atoms with Crippen LogP contribution in [0.2, 0.25) is 0 Å². The first kappa shape index (κ1) is 19.2. The van der Waals surface area contributed by atoms with Gasteiger partial charge in [0.1, 0.15) is 0 Å². The highest BCUT2D eigenvalue weighted by atomic mass is 79.9. The maximum atomic E-state index is 12.3. The number of carbonyl (C=O) groups is 1. The van der Waals surface area contributed by atoms with Crippen LogP contribution in [0.25, 0.3) is 0 Å². The van der Waals surface area contributed by atoms with E-state index in [0.29, 0.717) is 40.5 Å². The van der Waals surface area contributed by atoms with Gasteiger partial charge in [0.2, 0.25) is 0 Å². The minimum Gasteiger partial charge on any atom is -0.493 e. The van der Waals surface area contributed by atoms with E-state index < -0.39 is 5.97 Å². The topological polar surface area (TPSA) is 88.4 Å². The molecule has 1 aromatic carbocycles. The third-order valence-corrected chi connectivity index (χ3v) is 4.00. The summed E-state index contributed by atoms with van der Waals surface area (Å²) in [4.78, 5) is 12.3. The van der Waals surface area contributed by atoms with Gasteiger partial charge in [-0.2, -0.15) is 0 Å². The summed E-state index contributed by atoms with van der Waals surface area (Å²) in [6, 6.07) is 3.22. The fourth-order valence-corrected chi connectivity index (χ4v) is 2.70. The first-order valence-corrected chi connectivity index (χ1v) is 8.82. The van der Waals surface area contributed by atoms with Crippen molar-refractivity contribution in [2.45, 2.75) is 39.8 Å². The molecule has 0 aliphatic carbocycles. The van der Waals surface area contributed by atoms with Crippen molar-refractivity contribution in [1.29, 1.82) is 0 Å². The Kier molecular flexibility index (Phi) is 7.17. The number of methoxy groups -OCH3 is 1. The predicted molar refractivity (Wildman–Crippen MR) is 93.7 cm³/mol. The van der Waals surface area contributed by atoms with Crippen LogP contribution in [0, 0.1) is 0 Å². The van der Waals surface area contributed by atoms with E-state index >= 15 is 0 Å². The molecule has 0 amide bonds. The van der Waals surface area contributed by atoms with Crippen LogP contribution in [-0.4, -0.2) is 39.9 Å². The lowest BCUT2D eigenvalue weighted by molar-refractivity contribution is 0.0455. The number of carbonyl (C=O) groups excluding carboxylic acids is 1. The first-order valence-electron chi connectivity index (χ1n) is 8.03.